The first-order valence-corrected chi connectivity index (χ1v) is 6.94. The molecule has 4 heteroatoms. The van der Waals surface area contributed by atoms with E-state index in [-0.39, 0.29) is 5.92 Å². The van der Waals surface area contributed by atoms with Crippen molar-refractivity contribution in [2.24, 2.45) is 5.92 Å². The SMILES string of the molecule is CC(O)(c1ccc(Br)cc1Cl)C1CCOCC1. The summed E-state index contributed by atoms with van der Waals surface area (Å²) in [5, 5.41) is 11.3. The Morgan fingerprint density at radius 3 is 2.65 bits per heavy atom. The van der Waals surface area contributed by atoms with Gasteiger partial charge in [0.1, 0.15) is 0 Å². The Balaban J connectivity index is 2.29. The highest BCUT2D eigenvalue weighted by atomic mass is 79.9. The first-order valence-electron chi connectivity index (χ1n) is 5.77. The average Bonchev–Trinajstić information content (AvgIpc) is 2.29. The lowest BCUT2D eigenvalue weighted by Crippen LogP contribution is -2.36. The first kappa shape index (κ1) is 13.3. The van der Waals surface area contributed by atoms with Crippen molar-refractivity contribution in [2.45, 2.75) is 25.4 Å². The molecule has 0 radical (unpaired) electrons. The number of benzene rings is 1. The molecule has 1 aliphatic rings. The summed E-state index contributed by atoms with van der Waals surface area (Å²) in [5.41, 5.74) is -0.0871. The lowest BCUT2D eigenvalue weighted by molar-refractivity contribution is -0.0579. The maximum Gasteiger partial charge on any atom is 0.0912 e. The Morgan fingerprint density at radius 2 is 2.06 bits per heavy atom. The zero-order valence-corrected chi connectivity index (χ0v) is 12.1. The number of halogens is 2. The minimum Gasteiger partial charge on any atom is -0.385 e. The summed E-state index contributed by atoms with van der Waals surface area (Å²) >= 11 is 9.58. The molecule has 1 aromatic rings. The van der Waals surface area contributed by atoms with Crippen molar-refractivity contribution in [3.05, 3.63) is 33.3 Å². The number of aliphatic hydroxyl groups is 1. The van der Waals surface area contributed by atoms with Gasteiger partial charge in [0, 0.05) is 28.3 Å². The minimum atomic E-state index is -0.887. The molecule has 1 atom stereocenters. The summed E-state index contributed by atoms with van der Waals surface area (Å²) in [6.45, 7) is 3.28. The maximum atomic E-state index is 10.7. The molecule has 1 heterocycles. The maximum absolute atomic E-state index is 10.7. The fourth-order valence-electron chi connectivity index (χ4n) is 2.38. The van der Waals surface area contributed by atoms with Gasteiger partial charge >= 0.3 is 0 Å². The Kier molecular flexibility index (Phi) is 4.14. The lowest BCUT2D eigenvalue weighted by atomic mass is 9.78. The van der Waals surface area contributed by atoms with Gasteiger partial charge < -0.3 is 9.84 Å². The third-order valence-electron chi connectivity index (χ3n) is 3.49. The Bertz CT molecular complexity index is 400. The normalized spacial score (nSPS) is 21.2. The fourth-order valence-corrected chi connectivity index (χ4v) is 3.24. The molecule has 17 heavy (non-hydrogen) atoms. The van der Waals surface area contributed by atoms with Gasteiger partial charge in [-0.15, -0.1) is 0 Å². The molecule has 0 spiro atoms. The summed E-state index contributed by atoms with van der Waals surface area (Å²) < 4.78 is 6.25. The molecular formula is C13H16BrClO2. The van der Waals surface area contributed by atoms with Crippen LogP contribution >= 0.6 is 27.5 Å². The predicted octanol–water partition coefficient (Wildman–Crippen LogP) is 3.74. The first-order chi connectivity index (χ1) is 8.01. The molecule has 2 rings (SSSR count). The Labute approximate surface area is 115 Å². The molecule has 94 valence electrons. The van der Waals surface area contributed by atoms with Gasteiger partial charge in [0.15, 0.2) is 0 Å². The van der Waals surface area contributed by atoms with Gasteiger partial charge in [-0.25, -0.2) is 0 Å². The van der Waals surface area contributed by atoms with Crippen LogP contribution in [0.3, 0.4) is 0 Å². The monoisotopic (exact) mass is 318 g/mol. The standard InChI is InChI=1S/C13H16BrClO2/c1-13(16,9-4-6-17-7-5-9)11-3-2-10(14)8-12(11)15/h2-3,8-9,16H,4-7H2,1H3. The van der Waals surface area contributed by atoms with Crippen LogP contribution in [0.2, 0.25) is 5.02 Å². The van der Waals surface area contributed by atoms with E-state index >= 15 is 0 Å². The van der Waals surface area contributed by atoms with E-state index in [1.807, 2.05) is 25.1 Å². The Hall–Kier alpha value is -0.0900. The highest BCUT2D eigenvalue weighted by molar-refractivity contribution is 9.10. The van der Waals surface area contributed by atoms with Gasteiger partial charge in [-0.2, -0.15) is 0 Å². The summed E-state index contributed by atoms with van der Waals surface area (Å²) in [4.78, 5) is 0. The summed E-state index contributed by atoms with van der Waals surface area (Å²) in [5.74, 6) is 0.204. The van der Waals surface area contributed by atoms with E-state index in [1.165, 1.54) is 0 Å². The number of ether oxygens (including phenoxy) is 1. The highest BCUT2D eigenvalue weighted by Gasteiger charge is 2.36. The molecule has 2 nitrogen and oxygen atoms in total. The van der Waals surface area contributed by atoms with Crippen LogP contribution in [0.25, 0.3) is 0 Å². The quantitative estimate of drug-likeness (QED) is 0.900. The molecule has 0 aromatic heterocycles. The minimum absolute atomic E-state index is 0.204. The zero-order chi connectivity index (χ0) is 12.5. The van der Waals surface area contributed by atoms with Gasteiger partial charge in [-0.05, 0) is 37.8 Å². The van der Waals surface area contributed by atoms with Crippen LogP contribution in [0.5, 0.6) is 0 Å². The largest absolute Gasteiger partial charge is 0.385 e. The van der Waals surface area contributed by atoms with Crippen molar-refractivity contribution in [3.8, 4) is 0 Å². The van der Waals surface area contributed by atoms with Gasteiger partial charge in [-0.1, -0.05) is 33.6 Å². The third kappa shape index (κ3) is 2.84. The van der Waals surface area contributed by atoms with Crippen LogP contribution in [-0.4, -0.2) is 18.3 Å². The molecular weight excluding hydrogens is 303 g/mol. The number of rotatable bonds is 2. The van der Waals surface area contributed by atoms with Crippen molar-refractivity contribution in [2.75, 3.05) is 13.2 Å². The van der Waals surface area contributed by atoms with Gasteiger partial charge in [0.2, 0.25) is 0 Å². The molecule has 1 aromatic carbocycles. The van der Waals surface area contributed by atoms with E-state index in [0.29, 0.717) is 5.02 Å². The van der Waals surface area contributed by atoms with E-state index < -0.39 is 5.60 Å². The van der Waals surface area contributed by atoms with Gasteiger partial charge in [-0.3, -0.25) is 0 Å². The summed E-state index contributed by atoms with van der Waals surface area (Å²) in [7, 11) is 0. The summed E-state index contributed by atoms with van der Waals surface area (Å²) in [6.07, 6.45) is 1.75. The van der Waals surface area contributed by atoms with E-state index in [4.69, 9.17) is 16.3 Å². The van der Waals surface area contributed by atoms with Crippen molar-refractivity contribution in [3.63, 3.8) is 0 Å². The molecule has 1 fully saturated rings. The molecule has 1 aliphatic heterocycles. The molecule has 0 amide bonds. The molecule has 0 bridgehead atoms. The number of hydrogen-bond acceptors (Lipinski definition) is 2. The Morgan fingerprint density at radius 1 is 1.41 bits per heavy atom. The highest BCUT2D eigenvalue weighted by Crippen LogP contribution is 2.39. The van der Waals surface area contributed by atoms with Crippen LogP contribution in [-0.2, 0) is 10.3 Å². The van der Waals surface area contributed by atoms with E-state index in [0.717, 1.165) is 36.1 Å². The third-order valence-corrected chi connectivity index (χ3v) is 4.30. The van der Waals surface area contributed by atoms with E-state index in [9.17, 15) is 5.11 Å². The van der Waals surface area contributed by atoms with Gasteiger partial charge in [0.05, 0.1) is 5.60 Å². The molecule has 1 saturated heterocycles. The van der Waals surface area contributed by atoms with Crippen molar-refractivity contribution in [1.82, 2.24) is 0 Å². The van der Waals surface area contributed by atoms with Crippen molar-refractivity contribution >= 4 is 27.5 Å². The van der Waals surface area contributed by atoms with Crippen LogP contribution in [0.15, 0.2) is 22.7 Å². The van der Waals surface area contributed by atoms with Crippen molar-refractivity contribution in [1.29, 1.82) is 0 Å². The number of hydrogen-bond donors (Lipinski definition) is 1. The van der Waals surface area contributed by atoms with Crippen LogP contribution < -0.4 is 0 Å². The average molecular weight is 320 g/mol. The predicted molar refractivity (Wildman–Crippen MR) is 72.3 cm³/mol. The molecule has 0 aliphatic carbocycles. The second kappa shape index (κ2) is 5.27. The van der Waals surface area contributed by atoms with Crippen molar-refractivity contribution < 1.29 is 9.84 Å². The van der Waals surface area contributed by atoms with Crippen LogP contribution in [0, 0.1) is 5.92 Å². The second-order valence-corrected chi connectivity index (χ2v) is 5.98. The summed E-state index contributed by atoms with van der Waals surface area (Å²) in [6, 6.07) is 5.63. The van der Waals surface area contributed by atoms with E-state index in [1.54, 1.807) is 0 Å². The topological polar surface area (TPSA) is 29.5 Å². The van der Waals surface area contributed by atoms with Gasteiger partial charge in [0.25, 0.3) is 0 Å². The zero-order valence-electron chi connectivity index (χ0n) is 9.75. The van der Waals surface area contributed by atoms with E-state index in [2.05, 4.69) is 15.9 Å². The smallest absolute Gasteiger partial charge is 0.0912 e. The lowest BCUT2D eigenvalue weighted by Gasteiger charge is -2.36. The van der Waals surface area contributed by atoms with Crippen LogP contribution in [0.4, 0.5) is 0 Å². The second-order valence-electron chi connectivity index (χ2n) is 4.66. The van der Waals surface area contributed by atoms with Crippen LogP contribution in [0.1, 0.15) is 25.3 Å². The molecule has 1 N–H and O–H groups in total. The molecule has 1 unspecified atom stereocenters. The molecule has 0 saturated carbocycles. The fraction of sp³-hybridized carbons (Fsp3) is 0.538.